The highest BCUT2D eigenvalue weighted by molar-refractivity contribution is 5.92. The van der Waals surface area contributed by atoms with Crippen LogP contribution in [0.3, 0.4) is 0 Å². The van der Waals surface area contributed by atoms with E-state index in [0.717, 1.165) is 50.0 Å². The monoisotopic (exact) mass is 365 g/mol. The molecule has 0 spiro atoms. The third-order valence-corrected chi connectivity index (χ3v) is 5.12. The van der Waals surface area contributed by atoms with Crippen LogP contribution in [-0.2, 0) is 13.5 Å². The van der Waals surface area contributed by atoms with Crippen molar-refractivity contribution >= 4 is 5.91 Å². The van der Waals surface area contributed by atoms with Crippen LogP contribution in [0.15, 0.2) is 47.4 Å². The molecule has 4 rings (SSSR count). The van der Waals surface area contributed by atoms with Gasteiger partial charge in [0.1, 0.15) is 5.69 Å². The van der Waals surface area contributed by atoms with Gasteiger partial charge in [0.15, 0.2) is 5.82 Å². The Morgan fingerprint density at radius 2 is 2.26 bits per heavy atom. The number of piperidine rings is 1. The van der Waals surface area contributed by atoms with Gasteiger partial charge < -0.3 is 14.0 Å². The number of carbonyl (C=O) groups is 1. The van der Waals surface area contributed by atoms with Gasteiger partial charge in [0, 0.05) is 45.1 Å². The molecule has 0 radical (unpaired) electrons. The molecule has 0 aromatic carbocycles. The third kappa shape index (κ3) is 3.92. The minimum absolute atomic E-state index is 0.116. The van der Waals surface area contributed by atoms with Gasteiger partial charge in [0.25, 0.3) is 11.8 Å². The fraction of sp³-hybridized carbons (Fsp3) is 0.400. The number of hydrogen-bond acceptors (Lipinski definition) is 5. The maximum Gasteiger partial charge on any atom is 0.270 e. The molecule has 3 aromatic heterocycles. The molecular formula is C20H23N5O2. The Morgan fingerprint density at radius 1 is 1.33 bits per heavy atom. The molecule has 1 fully saturated rings. The summed E-state index contributed by atoms with van der Waals surface area (Å²) >= 11 is 0. The van der Waals surface area contributed by atoms with Gasteiger partial charge in [-0.2, -0.15) is 4.98 Å². The maximum absolute atomic E-state index is 12.7. The average Bonchev–Trinajstić information content (AvgIpc) is 3.36. The Hall–Kier alpha value is -2.96. The molecule has 0 saturated carbocycles. The Morgan fingerprint density at radius 3 is 3.04 bits per heavy atom. The number of amides is 1. The highest BCUT2D eigenvalue weighted by Crippen LogP contribution is 2.23. The first kappa shape index (κ1) is 17.5. The molecule has 1 saturated heterocycles. The molecule has 0 aliphatic carbocycles. The van der Waals surface area contributed by atoms with Gasteiger partial charge in [0.2, 0.25) is 0 Å². The lowest BCUT2D eigenvalue weighted by atomic mass is 9.93. The molecule has 7 nitrogen and oxygen atoms in total. The second-order valence-corrected chi connectivity index (χ2v) is 7.06. The third-order valence-electron chi connectivity index (χ3n) is 5.12. The number of aryl methyl sites for hydroxylation is 2. The van der Waals surface area contributed by atoms with E-state index < -0.39 is 0 Å². The van der Waals surface area contributed by atoms with Crippen LogP contribution in [0.2, 0.25) is 0 Å². The number of aromatic nitrogens is 4. The van der Waals surface area contributed by atoms with Gasteiger partial charge in [-0.1, -0.05) is 5.16 Å². The molecule has 1 aliphatic heterocycles. The van der Waals surface area contributed by atoms with Crippen molar-refractivity contribution in [3.8, 4) is 11.5 Å². The highest BCUT2D eigenvalue weighted by Gasteiger charge is 2.25. The summed E-state index contributed by atoms with van der Waals surface area (Å²) in [4.78, 5) is 23.2. The van der Waals surface area contributed by atoms with Crippen LogP contribution in [0.1, 0.15) is 35.6 Å². The van der Waals surface area contributed by atoms with Gasteiger partial charge in [-0.25, -0.2) is 0 Å². The number of hydrogen-bond donors (Lipinski definition) is 0. The van der Waals surface area contributed by atoms with E-state index in [1.165, 1.54) is 0 Å². The molecule has 1 amide bonds. The van der Waals surface area contributed by atoms with E-state index in [-0.39, 0.29) is 5.91 Å². The lowest BCUT2D eigenvalue weighted by molar-refractivity contribution is 0.0658. The van der Waals surface area contributed by atoms with Crippen molar-refractivity contribution < 1.29 is 9.32 Å². The van der Waals surface area contributed by atoms with Crippen LogP contribution in [0, 0.1) is 5.92 Å². The Bertz CT molecular complexity index is 902. The number of likely N-dealkylation sites (tertiary alicyclic amines) is 1. The number of carbonyl (C=O) groups excluding carboxylic acids is 1. The summed E-state index contributed by atoms with van der Waals surface area (Å²) in [6, 6.07) is 7.54. The van der Waals surface area contributed by atoms with E-state index in [1.54, 1.807) is 12.4 Å². The summed E-state index contributed by atoms with van der Waals surface area (Å²) in [5.41, 5.74) is 1.57. The Balaban J connectivity index is 1.34. The molecule has 140 valence electrons. The summed E-state index contributed by atoms with van der Waals surface area (Å²) in [6.45, 7) is 1.62. The van der Waals surface area contributed by atoms with E-state index in [2.05, 4.69) is 15.1 Å². The van der Waals surface area contributed by atoms with E-state index in [4.69, 9.17) is 4.52 Å². The van der Waals surface area contributed by atoms with Gasteiger partial charge in [0.05, 0.1) is 5.56 Å². The predicted molar refractivity (Wildman–Crippen MR) is 99.9 cm³/mol. The quantitative estimate of drug-likeness (QED) is 0.695. The first-order valence-electron chi connectivity index (χ1n) is 9.34. The smallest absolute Gasteiger partial charge is 0.270 e. The molecule has 0 bridgehead atoms. The van der Waals surface area contributed by atoms with E-state index in [0.29, 0.717) is 17.6 Å². The number of pyridine rings is 1. The highest BCUT2D eigenvalue weighted by atomic mass is 16.5. The van der Waals surface area contributed by atoms with E-state index >= 15 is 0 Å². The van der Waals surface area contributed by atoms with Crippen LogP contribution in [-0.4, -0.2) is 43.6 Å². The minimum atomic E-state index is 0.116. The lowest BCUT2D eigenvalue weighted by Gasteiger charge is -2.32. The van der Waals surface area contributed by atoms with Crippen LogP contribution in [0.25, 0.3) is 11.5 Å². The summed E-state index contributed by atoms with van der Waals surface area (Å²) in [5.74, 6) is 1.79. The van der Waals surface area contributed by atoms with Crippen LogP contribution >= 0.6 is 0 Å². The van der Waals surface area contributed by atoms with Crippen LogP contribution in [0.5, 0.6) is 0 Å². The summed E-state index contributed by atoms with van der Waals surface area (Å²) in [5, 5.41) is 4.09. The van der Waals surface area contributed by atoms with Crippen molar-refractivity contribution in [2.75, 3.05) is 13.1 Å². The normalized spacial score (nSPS) is 17.2. The fourth-order valence-electron chi connectivity index (χ4n) is 3.63. The number of nitrogens with zero attached hydrogens (tertiary/aromatic N) is 5. The van der Waals surface area contributed by atoms with Crippen molar-refractivity contribution in [3.63, 3.8) is 0 Å². The summed E-state index contributed by atoms with van der Waals surface area (Å²) in [6.07, 6.45) is 9.20. The van der Waals surface area contributed by atoms with Gasteiger partial charge >= 0.3 is 0 Å². The largest absolute Gasteiger partial charge is 0.347 e. The van der Waals surface area contributed by atoms with Crippen molar-refractivity contribution in [2.45, 2.75) is 25.7 Å². The predicted octanol–water partition coefficient (Wildman–Crippen LogP) is 2.96. The van der Waals surface area contributed by atoms with Crippen molar-refractivity contribution in [1.82, 2.24) is 24.6 Å². The average molecular weight is 365 g/mol. The molecule has 3 aromatic rings. The lowest BCUT2D eigenvalue weighted by Crippen LogP contribution is -2.40. The molecule has 0 unspecified atom stereocenters. The standard InChI is InChI=1S/C20H23N5O2/c1-24-11-4-7-17(24)20(26)25-12-3-5-15(14-25)8-9-18-22-19(27-23-18)16-6-2-10-21-13-16/h2,4,6-7,10-11,13,15H,3,5,8-9,12,14H2,1H3/t15-/m1/s1. The Kier molecular flexibility index (Phi) is 5.00. The van der Waals surface area contributed by atoms with Gasteiger partial charge in [-0.3, -0.25) is 9.78 Å². The molecule has 27 heavy (non-hydrogen) atoms. The Labute approximate surface area is 158 Å². The zero-order valence-corrected chi connectivity index (χ0v) is 15.4. The molecular weight excluding hydrogens is 342 g/mol. The second kappa shape index (κ2) is 7.73. The van der Waals surface area contributed by atoms with Gasteiger partial charge in [-0.05, 0) is 49.4 Å². The van der Waals surface area contributed by atoms with Crippen molar-refractivity contribution in [2.24, 2.45) is 13.0 Å². The second-order valence-electron chi connectivity index (χ2n) is 7.06. The first-order chi connectivity index (χ1) is 13.2. The summed E-state index contributed by atoms with van der Waals surface area (Å²) < 4.78 is 7.22. The molecule has 1 atom stereocenters. The van der Waals surface area contributed by atoms with Crippen molar-refractivity contribution in [1.29, 1.82) is 0 Å². The zero-order valence-electron chi connectivity index (χ0n) is 15.4. The molecule has 7 heteroatoms. The van der Waals surface area contributed by atoms with Crippen LogP contribution < -0.4 is 0 Å². The minimum Gasteiger partial charge on any atom is -0.347 e. The zero-order chi connectivity index (χ0) is 18.6. The summed E-state index contributed by atoms with van der Waals surface area (Å²) in [7, 11) is 1.91. The first-order valence-corrected chi connectivity index (χ1v) is 9.34. The molecule has 0 N–H and O–H groups in total. The van der Waals surface area contributed by atoms with E-state index in [9.17, 15) is 4.79 Å². The number of rotatable bonds is 5. The maximum atomic E-state index is 12.7. The van der Waals surface area contributed by atoms with Gasteiger partial charge in [-0.15, -0.1) is 0 Å². The van der Waals surface area contributed by atoms with Crippen molar-refractivity contribution in [3.05, 3.63) is 54.4 Å². The van der Waals surface area contributed by atoms with Crippen LogP contribution in [0.4, 0.5) is 0 Å². The SMILES string of the molecule is Cn1cccc1C(=O)N1CCC[C@H](CCc2noc(-c3cccnc3)n2)C1. The molecule has 1 aliphatic rings. The molecule has 4 heterocycles. The van der Waals surface area contributed by atoms with E-state index in [1.807, 2.05) is 47.0 Å². The topological polar surface area (TPSA) is 77.0 Å². The fourth-order valence-corrected chi connectivity index (χ4v) is 3.63.